The summed E-state index contributed by atoms with van der Waals surface area (Å²) in [6, 6.07) is 61.6. The lowest BCUT2D eigenvalue weighted by molar-refractivity contribution is 0.673. The van der Waals surface area contributed by atoms with Crippen LogP contribution in [0.4, 0.5) is 0 Å². The molecule has 0 unspecified atom stereocenters. The molecular weight excluding hydrogens is 569 g/mol. The van der Waals surface area contributed by atoms with Gasteiger partial charge in [0.25, 0.3) is 0 Å². The number of hydrogen-bond donors (Lipinski definition) is 0. The Labute approximate surface area is 271 Å². The van der Waals surface area contributed by atoms with Crippen LogP contribution in [0, 0.1) is 0 Å². The number of benzene rings is 9. The molecule has 47 heavy (non-hydrogen) atoms. The van der Waals surface area contributed by atoms with Crippen LogP contribution in [-0.2, 0) is 0 Å². The van der Waals surface area contributed by atoms with Crippen molar-refractivity contribution in [1.82, 2.24) is 0 Å². The second-order valence-corrected chi connectivity index (χ2v) is 12.4. The van der Waals surface area contributed by atoms with Crippen molar-refractivity contribution in [2.45, 2.75) is 0 Å². The summed E-state index contributed by atoms with van der Waals surface area (Å²) in [4.78, 5) is 0. The molecule has 0 atom stereocenters. The number of hydrogen-bond acceptors (Lipinski definition) is 1. The zero-order chi connectivity index (χ0) is 30.9. The molecule has 0 spiro atoms. The van der Waals surface area contributed by atoms with Gasteiger partial charge in [0.15, 0.2) is 0 Å². The minimum atomic E-state index is 0.912. The topological polar surface area (TPSA) is 13.1 Å². The van der Waals surface area contributed by atoms with Gasteiger partial charge in [-0.2, -0.15) is 0 Å². The summed E-state index contributed by atoms with van der Waals surface area (Å²) in [7, 11) is 0. The van der Waals surface area contributed by atoms with Crippen molar-refractivity contribution < 1.29 is 4.42 Å². The Morgan fingerprint density at radius 2 is 0.872 bits per heavy atom. The molecule has 0 N–H and O–H groups in total. The molecular formula is C46H28O. The van der Waals surface area contributed by atoms with Crippen LogP contribution < -0.4 is 0 Å². The van der Waals surface area contributed by atoms with E-state index in [0.29, 0.717) is 0 Å². The van der Waals surface area contributed by atoms with E-state index in [1.807, 2.05) is 0 Å². The van der Waals surface area contributed by atoms with Gasteiger partial charge in [-0.25, -0.2) is 0 Å². The van der Waals surface area contributed by atoms with Crippen LogP contribution in [0.1, 0.15) is 0 Å². The largest absolute Gasteiger partial charge is 0.455 e. The summed E-state index contributed by atoms with van der Waals surface area (Å²) < 4.78 is 6.54. The van der Waals surface area contributed by atoms with Gasteiger partial charge in [0.05, 0.1) is 0 Å². The Morgan fingerprint density at radius 3 is 1.60 bits per heavy atom. The first-order chi connectivity index (χ1) is 23.3. The molecule has 0 aliphatic heterocycles. The molecule has 218 valence electrons. The van der Waals surface area contributed by atoms with E-state index in [9.17, 15) is 0 Å². The maximum Gasteiger partial charge on any atom is 0.143 e. The van der Waals surface area contributed by atoms with Gasteiger partial charge < -0.3 is 4.42 Å². The fourth-order valence-corrected chi connectivity index (χ4v) is 7.73. The van der Waals surface area contributed by atoms with E-state index in [-0.39, 0.29) is 0 Å². The molecule has 0 saturated heterocycles. The Hall–Kier alpha value is -6.18. The lowest BCUT2D eigenvalue weighted by Gasteiger charge is -2.18. The van der Waals surface area contributed by atoms with Crippen LogP contribution in [0.3, 0.4) is 0 Å². The van der Waals surface area contributed by atoms with Gasteiger partial charge in [0.1, 0.15) is 11.2 Å². The van der Waals surface area contributed by atoms with Crippen LogP contribution in [0.15, 0.2) is 174 Å². The van der Waals surface area contributed by atoms with Gasteiger partial charge in [0, 0.05) is 16.2 Å². The molecule has 0 bridgehead atoms. The Kier molecular flexibility index (Phi) is 5.64. The van der Waals surface area contributed by atoms with E-state index >= 15 is 0 Å². The summed E-state index contributed by atoms with van der Waals surface area (Å²) >= 11 is 0. The predicted molar refractivity (Wildman–Crippen MR) is 200 cm³/mol. The zero-order valence-electron chi connectivity index (χ0n) is 25.6. The molecule has 10 rings (SSSR count). The fourth-order valence-electron chi connectivity index (χ4n) is 7.73. The highest BCUT2D eigenvalue weighted by molar-refractivity contribution is 6.22. The van der Waals surface area contributed by atoms with Crippen molar-refractivity contribution in [3.05, 3.63) is 170 Å². The minimum Gasteiger partial charge on any atom is -0.455 e. The molecule has 10 aromatic rings. The first-order valence-corrected chi connectivity index (χ1v) is 16.2. The number of rotatable bonds is 3. The van der Waals surface area contributed by atoms with Crippen molar-refractivity contribution in [3.8, 4) is 33.4 Å². The number of furan rings is 1. The van der Waals surface area contributed by atoms with E-state index in [0.717, 1.165) is 27.3 Å². The van der Waals surface area contributed by atoms with Crippen LogP contribution in [0.5, 0.6) is 0 Å². The fraction of sp³-hybridized carbons (Fsp3) is 0. The molecule has 9 aromatic carbocycles. The van der Waals surface area contributed by atoms with Gasteiger partial charge in [-0.15, -0.1) is 0 Å². The normalized spacial score (nSPS) is 11.8. The molecule has 0 amide bonds. The highest BCUT2D eigenvalue weighted by Gasteiger charge is 2.19. The molecule has 0 fully saturated rings. The molecule has 1 heterocycles. The summed E-state index contributed by atoms with van der Waals surface area (Å²) in [5.74, 6) is 0. The van der Waals surface area contributed by atoms with Crippen LogP contribution >= 0.6 is 0 Å². The van der Waals surface area contributed by atoms with E-state index < -0.39 is 0 Å². The summed E-state index contributed by atoms with van der Waals surface area (Å²) in [5.41, 5.74) is 9.20. The van der Waals surface area contributed by atoms with E-state index in [1.165, 1.54) is 71.1 Å². The number of fused-ring (bicyclic) bond motifs is 8. The van der Waals surface area contributed by atoms with Gasteiger partial charge in [-0.05, 0) is 95.3 Å². The van der Waals surface area contributed by atoms with Crippen molar-refractivity contribution >= 4 is 65.0 Å². The quantitative estimate of drug-likeness (QED) is 0.185. The SMILES string of the molecule is c1cc(-c2c3ccccc3c(-c3ccc4ccccc4c3)c3ccccc23)cc(-c2cccc3oc4c5ccccc5ccc4c23)c1. The monoisotopic (exact) mass is 596 g/mol. The molecule has 0 saturated carbocycles. The molecule has 1 nitrogen and oxygen atoms in total. The van der Waals surface area contributed by atoms with E-state index in [4.69, 9.17) is 4.42 Å². The maximum absolute atomic E-state index is 6.54. The van der Waals surface area contributed by atoms with Gasteiger partial charge in [0.2, 0.25) is 0 Å². The molecule has 0 radical (unpaired) electrons. The molecule has 0 aliphatic rings. The van der Waals surface area contributed by atoms with Crippen LogP contribution in [0.25, 0.3) is 98.4 Å². The Bertz CT molecular complexity index is 2800. The van der Waals surface area contributed by atoms with Crippen molar-refractivity contribution in [1.29, 1.82) is 0 Å². The second kappa shape index (κ2) is 10.2. The molecule has 1 heteroatoms. The zero-order valence-corrected chi connectivity index (χ0v) is 25.6. The van der Waals surface area contributed by atoms with Crippen LogP contribution in [-0.4, -0.2) is 0 Å². The Morgan fingerprint density at radius 1 is 0.319 bits per heavy atom. The first-order valence-electron chi connectivity index (χ1n) is 16.2. The van der Waals surface area contributed by atoms with Crippen molar-refractivity contribution in [3.63, 3.8) is 0 Å². The first kappa shape index (κ1) is 26.1. The second-order valence-electron chi connectivity index (χ2n) is 12.4. The average molecular weight is 597 g/mol. The summed E-state index contributed by atoms with van der Waals surface area (Å²) in [5, 5.41) is 12.2. The highest BCUT2D eigenvalue weighted by Crippen LogP contribution is 2.45. The smallest absolute Gasteiger partial charge is 0.143 e. The van der Waals surface area contributed by atoms with Crippen LogP contribution in [0.2, 0.25) is 0 Å². The van der Waals surface area contributed by atoms with Gasteiger partial charge >= 0.3 is 0 Å². The van der Waals surface area contributed by atoms with Crippen molar-refractivity contribution in [2.75, 3.05) is 0 Å². The van der Waals surface area contributed by atoms with Gasteiger partial charge in [-0.1, -0.05) is 146 Å². The molecule has 1 aromatic heterocycles. The van der Waals surface area contributed by atoms with E-state index in [1.54, 1.807) is 0 Å². The average Bonchev–Trinajstić information content (AvgIpc) is 3.53. The summed E-state index contributed by atoms with van der Waals surface area (Å²) in [6.45, 7) is 0. The third-order valence-corrected chi connectivity index (χ3v) is 9.82. The third kappa shape index (κ3) is 3.97. The molecule has 0 aliphatic carbocycles. The minimum absolute atomic E-state index is 0.912. The maximum atomic E-state index is 6.54. The van der Waals surface area contributed by atoms with E-state index in [2.05, 4.69) is 170 Å². The standard InChI is InChI=1S/C46H28O/c1-2-13-31-27-34(24-23-29(31)11-1)44-39-19-7-5-17-37(39)43(38-18-6-8-20-40(38)44)33-15-9-14-32(28-33)35-21-10-22-42-45(35)41-26-25-30-12-3-4-16-36(30)46(41)47-42/h1-28H. The summed E-state index contributed by atoms with van der Waals surface area (Å²) in [6.07, 6.45) is 0. The van der Waals surface area contributed by atoms with Gasteiger partial charge in [-0.3, -0.25) is 0 Å². The third-order valence-electron chi connectivity index (χ3n) is 9.82. The Balaban J connectivity index is 1.23. The highest BCUT2D eigenvalue weighted by atomic mass is 16.3. The predicted octanol–water partition coefficient (Wildman–Crippen LogP) is 13.2. The van der Waals surface area contributed by atoms with Crippen molar-refractivity contribution in [2.24, 2.45) is 0 Å². The lowest BCUT2D eigenvalue weighted by Crippen LogP contribution is -1.91. The lowest BCUT2D eigenvalue weighted by atomic mass is 9.85.